The van der Waals surface area contributed by atoms with Crippen molar-refractivity contribution in [3.05, 3.63) is 60.4 Å². The van der Waals surface area contributed by atoms with E-state index in [-0.39, 0.29) is 0 Å². The molecule has 2 aromatic carbocycles. The van der Waals surface area contributed by atoms with Crippen LogP contribution in [0.1, 0.15) is 12.0 Å². The first-order valence-corrected chi connectivity index (χ1v) is 10.7. The van der Waals surface area contributed by atoms with Crippen molar-refractivity contribution in [1.29, 1.82) is 0 Å². The van der Waals surface area contributed by atoms with Crippen LogP contribution in [-0.2, 0) is 13.5 Å². The van der Waals surface area contributed by atoms with E-state index < -0.39 is 0 Å². The van der Waals surface area contributed by atoms with E-state index >= 15 is 0 Å². The third-order valence-corrected chi connectivity index (χ3v) is 5.59. The molecule has 166 valence electrons. The number of fused-ring (bicyclic) bond motifs is 1. The minimum absolute atomic E-state index is 0.494. The first kappa shape index (κ1) is 21.6. The molecule has 2 aromatic heterocycles. The van der Waals surface area contributed by atoms with Gasteiger partial charge in [0, 0.05) is 41.6 Å². The Kier molecular flexibility index (Phi) is 6.28. The van der Waals surface area contributed by atoms with Crippen LogP contribution < -0.4 is 15.8 Å². The highest BCUT2D eigenvalue weighted by atomic mass is 16.5. The summed E-state index contributed by atoms with van der Waals surface area (Å²) in [7, 11) is 7.85. The molecule has 0 aliphatic carbocycles. The molecule has 0 spiro atoms. The number of anilines is 3. The molecule has 0 aliphatic rings. The summed E-state index contributed by atoms with van der Waals surface area (Å²) >= 11 is 0. The van der Waals surface area contributed by atoms with Gasteiger partial charge in [-0.1, -0.05) is 18.2 Å². The maximum Gasteiger partial charge on any atom is 0.227 e. The second kappa shape index (κ2) is 9.28. The van der Waals surface area contributed by atoms with Crippen molar-refractivity contribution >= 4 is 28.2 Å². The fourth-order valence-corrected chi connectivity index (χ4v) is 3.94. The number of nitrogen functional groups attached to an aromatic ring is 1. The van der Waals surface area contributed by atoms with Crippen LogP contribution in [0.5, 0.6) is 5.75 Å². The lowest BCUT2D eigenvalue weighted by Crippen LogP contribution is -2.13. The number of para-hydroxylation sites is 1. The van der Waals surface area contributed by atoms with Crippen LogP contribution >= 0.6 is 0 Å². The summed E-state index contributed by atoms with van der Waals surface area (Å²) in [5.41, 5.74) is 12.0. The maximum atomic E-state index is 6.35. The molecule has 0 saturated carbocycles. The average Bonchev–Trinajstić information content (AvgIpc) is 3.12. The van der Waals surface area contributed by atoms with Gasteiger partial charge in [-0.25, -0.2) is 9.97 Å². The summed E-state index contributed by atoms with van der Waals surface area (Å²) in [5.74, 6) is 1.21. The van der Waals surface area contributed by atoms with E-state index in [1.807, 2.05) is 37.4 Å². The molecule has 7 nitrogen and oxygen atoms in total. The Morgan fingerprint density at radius 2 is 1.97 bits per heavy atom. The minimum atomic E-state index is 0.494. The predicted octanol–water partition coefficient (Wildman–Crippen LogP) is 4.46. The summed E-state index contributed by atoms with van der Waals surface area (Å²) in [5, 5.41) is 4.44. The molecule has 0 atom stereocenters. The van der Waals surface area contributed by atoms with Crippen LogP contribution in [-0.4, -0.2) is 47.2 Å². The fourth-order valence-electron chi connectivity index (χ4n) is 3.94. The molecular weight excluding hydrogens is 400 g/mol. The zero-order valence-corrected chi connectivity index (χ0v) is 19.1. The van der Waals surface area contributed by atoms with Gasteiger partial charge in [0.1, 0.15) is 5.75 Å². The van der Waals surface area contributed by atoms with E-state index in [2.05, 4.69) is 52.2 Å². The van der Waals surface area contributed by atoms with Crippen molar-refractivity contribution in [3.63, 3.8) is 0 Å². The molecule has 2 heterocycles. The van der Waals surface area contributed by atoms with Gasteiger partial charge in [-0.15, -0.1) is 0 Å². The number of aromatic nitrogens is 3. The first-order valence-electron chi connectivity index (χ1n) is 10.7. The van der Waals surface area contributed by atoms with Crippen LogP contribution in [0.3, 0.4) is 0 Å². The van der Waals surface area contributed by atoms with E-state index in [0.717, 1.165) is 64.2 Å². The van der Waals surface area contributed by atoms with Crippen molar-refractivity contribution in [3.8, 4) is 17.0 Å². The molecule has 0 saturated heterocycles. The Hall–Kier alpha value is -3.58. The van der Waals surface area contributed by atoms with Crippen LogP contribution in [0, 0.1) is 0 Å². The van der Waals surface area contributed by atoms with Crippen molar-refractivity contribution in [2.75, 3.05) is 38.8 Å². The van der Waals surface area contributed by atoms with E-state index in [1.165, 1.54) is 0 Å². The Morgan fingerprint density at radius 1 is 1.16 bits per heavy atom. The molecule has 0 aliphatic heterocycles. The molecule has 0 bridgehead atoms. The topological polar surface area (TPSA) is 81.2 Å². The number of ether oxygens (including phenoxy) is 1. The summed E-state index contributed by atoms with van der Waals surface area (Å²) in [6.45, 7) is 1.01. The number of nitrogens with two attached hydrogens (primary N) is 1. The highest BCUT2D eigenvalue weighted by Crippen LogP contribution is 2.33. The zero-order valence-electron chi connectivity index (χ0n) is 19.1. The van der Waals surface area contributed by atoms with Crippen molar-refractivity contribution in [2.24, 2.45) is 7.05 Å². The number of benzene rings is 2. The van der Waals surface area contributed by atoms with Crippen molar-refractivity contribution in [2.45, 2.75) is 12.8 Å². The Bertz CT molecular complexity index is 1230. The first-order chi connectivity index (χ1) is 15.5. The monoisotopic (exact) mass is 430 g/mol. The van der Waals surface area contributed by atoms with Crippen molar-refractivity contribution < 1.29 is 4.74 Å². The van der Waals surface area contributed by atoms with Crippen LogP contribution in [0.25, 0.3) is 22.2 Å². The maximum absolute atomic E-state index is 6.35. The van der Waals surface area contributed by atoms with Crippen molar-refractivity contribution in [1.82, 2.24) is 19.4 Å². The van der Waals surface area contributed by atoms with Gasteiger partial charge in [0.05, 0.1) is 18.5 Å². The summed E-state index contributed by atoms with van der Waals surface area (Å²) in [6.07, 6.45) is 5.78. The van der Waals surface area contributed by atoms with Crippen LogP contribution in [0.4, 0.5) is 17.3 Å². The molecule has 0 amide bonds. The quantitative estimate of drug-likeness (QED) is 0.402. The molecule has 0 unspecified atom stereocenters. The number of hydrogen-bond acceptors (Lipinski definition) is 6. The minimum Gasteiger partial charge on any atom is -0.495 e. The second-order valence-electron chi connectivity index (χ2n) is 8.22. The van der Waals surface area contributed by atoms with Gasteiger partial charge in [-0.3, -0.25) is 0 Å². The molecule has 7 heteroatoms. The van der Waals surface area contributed by atoms with Gasteiger partial charge in [0.2, 0.25) is 5.95 Å². The lowest BCUT2D eigenvalue weighted by molar-refractivity contribution is 0.399. The molecule has 0 radical (unpaired) electrons. The number of aryl methyl sites for hydroxylation is 2. The third kappa shape index (κ3) is 4.53. The van der Waals surface area contributed by atoms with Gasteiger partial charge in [-0.05, 0) is 63.3 Å². The van der Waals surface area contributed by atoms with E-state index in [4.69, 9.17) is 15.5 Å². The van der Waals surface area contributed by atoms with Gasteiger partial charge in [0.15, 0.2) is 0 Å². The van der Waals surface area contributed by atoms with E-state index in [1.54, 1.807) is 13.3 Å². The lowest BCUT2D eigenvalue weighted by Gasteiger charge is -2.15. The number of methoxy groups -OCH3 is 1. The summed E-state index contributed by atoms with van der Waals surface area (Å²) in [4.78, 5) is 11.3. The normalized spacial score (nSPS) is 11.3. The van der Waals surface area contributed by atoms with Crippen LogP contribution in [0.2, 0.25) is 0 Å². The highest BCUT2D eigenvalue weighted by Gasteiger charge is 2.13. The summed E-state index contributed by atoms with van der Waals surface area (Å²) in [6, 6.07) is 14.1. The third-order valence-electron chi connectivity index (χ3n) is 5.59. The number of nitrogens with one attached hydrogen (secondary N) is 1. The Morgan fingerprint density at radius 3 is 2.75 bits per heavy atom. The van der Waals surface area contributed by atoms with Gasteiger partial charge in [-0.2, -0.15) is 0 Å². The Labute approximate surface area is 188 Å². The Balaban J connectivity index is 1.61. The van der Waals surface area contributed by atoms with Crippen LogP contribution in [0.15, 0.2) is 54.9 Å². The molecule has 4 aromatic rings. The molecular formula is C25H30N6O. The smallest absolute Gasteiger partial charge is 0.227 e. The second-order valence-corrected chi connectivity index (χ2v) is 8.22. The average molecular weight is 431 g/mol. The summed E-state index contributed by atoms with van der Waals surface area (Å²) < 4.78 is 7.74. The highest BCUT2D eigenvalue weighted by molar-refractivity contribution is 5.95. The van der Waals surface area contributed by atoms with Gasteiger partial charge < -0.3 is 25.3 Å². The SMILES string of the molecule is COc1cc(CCCN(C)C)c(N)cc1Nc1nccc(-c2cn(C)c3ccccc23)n1. The number of hydrogen-bond donors (Lipinski definition) is 2. The zero-order chi connectivity index (χ0) is 22.7. The molecule has 32 heavy (non-hydrogen) atoms. The standard InChI is InChI=1S/C25H30N6O/c1-30(2)13-7-8-17-14-24(32-4)22(15-20(17)26)29-25-27-12-11-21(28-25)19-16-31(3)23-10-6-5-9-18(19)23/h5-6,9-12,14-16H,7-8,13,26H2,1-4H3,(H,27,28,29). The largest absolute Gasteiger partial charge is 0.495 e. The van der Waals surface area contributed by atoms with E-state index in [9.17, 15) is 0 Å². The lowest BCUT2D eigenvalue weighted by atomic mass is 10.1. The number of rotatable bonds is 8. The van der Waals surface area contributed by atoms with Gasteiger partial charge >= 0.3 is 0 Å². The predicted molar refractivity (Wildman–Crippen MR) is 132 cm³/mol. The number of nitrogens with zero attached hydrogens (tertiary/aromatic N) is 4. The van der Waals surface area contributed by atoms with Gasteiger partial charge in [0.25, 0.3) is 0 Å². The van der Waals surface area contributed by atoms with E-state index in [0.29, 0.717) is 5.95 Å². The molecule has 4 rings (SSSR count). The fraction of sp³-hybridized carbons (Fsp3) is 0.280. The molecule has 0 fully saturated rings. The molecule has 3 N–H and O–H groups in total.